The summed E-state index contributed by atoms with van der Waals surface area (Å²) >= 11 is 0. The van der Waals surface area contributed by atoms with Crippen LogP contribution in [0.1, 0.15) is 36.5 Å². The molecular weight excluding hydrogens is 486 g/mol. The van der Waals surface area contributed by atoms with Gasteiger partial charge in [-0.2, -0.15) is 0 Å². The monoisotopic (exact) mass is 515 g/mol. The highest BCUT2D eigenvalue weighted by Gasteiger charge is 2.16. The molecule has 0 aliphatic carbocycles. The minimum atomic E-state index is -3.86. The van der Waals surface area contributed by atoms with Crippen molar-refractivity contribution < 1.29 is 13.2 Å². The van der Waals surface area contributed by atoms with Gasteiger partial charge in [-0.05, 0) is 53.4 Å². The number of nitrogens with zero attached hydrogens (tertiary/aromatic N) is 1. The molecule has 8 nitrogen and oxygen atoms in total. The van der Waals surface area contributed by atoms with Crippen LogP contribution < -0.4 is 21.1 Å². The molecule has 0 aliphatic heterocycles. The molecule has 3 aromatic carbocycles. The lowest BCUT2D eigenvalue weighted by atomic mass is 10.0. The molecule has 0 radical (unpaired) electrons. The second-order valence-electron chi connectivity index (χ2n) is 8.34. The van der Waals surface area contributed by atoms with E-state index in [0.29, 0.717) is 28.4 Å². The van der Waals surface area contributed by atoms with Crippen LogP contribution in [0.25, 0.3) is 0 Å². The van der Waals surface area contributed by atoms with E-state index < -0.39 is 10.0 Å². The van der Waals surface area contributed by atoms with Crippen LogP contribution >= 0.6 is 12.4 Å². The maximum absolute atomic E-state index is 12.9. The van der Waals surface area contributed by atoms with Gasteiger partial charge in [0.15, 0.2) is 0 Å². The quantitative estimate of drug-likeness (QED) is 0.253. The SMILES string of the molecule is CC(C)c1ccc(NC(=O)CN(Cc2cccc(S(N)(=O)=O)c2)c2cccc(C(=N)N)c2)cc1.Cl. The first-order valence-corrected chi connectivity index (χ1v) is 12.3. The molecule has 6 N–H and O–H groups in total. The summed E-state index contributed by atoms with van der Waals surface area (Å²) in [5.74, 6) is 0.0581. The van der Waals surface area contributed by atoms with Crippen LogP contribution in [0.3, 0.4) is 0 Å². The van der Waals surface area contributed by atoms with Crippen LogP contribution in [0.5, 0.6) is 0 Å². The molecular formula is C25H30ClN5O3S. The topological polar surface area (TPSA) is 142 Å². The molecule has 0 unspecified atom stereocenters. The van der Waals surface area contributed by atoms with Crippen molar-refractivity contribution >= 4 is 45.5 Å². The number of anilines is 2. The van der Waals surface area contributed by atoms with Gasteiger partial charge in [-0.15, -0.1) is 12.4 Å². The number of hydrogen-bond donors (Lipinski definition) is 4. The summed E-state index contributed by atoms with van der Waals surface area (Å²) in [5, 5.41) is 15.9. The fraction of sp³-hybridized carbons (Fsp3) is 0.200. The molecule has 10 heteroatoms. The highest BCUT2D eigenvalue weighted by atomic mass is 35.5. The average molecular weight is 516 g/mol. The summed E-state index contributed by atoms with van der Waals surface area (Å²) in [6.45, 7) is 4.44. The predicted molar refractivity (Wildman–Crippen MR) is 143 cm³/mol. The zero-order valence-corrected chi connectivity index (χ0v) is 21.2. The molecule has 3 rings (SSSR count). The second-order valence-corrected chi connectivity index (χ2v) is 9.90. The number of nitrogens with two attached hydrogens (primary N) is 2. The fourth-order valence-electron chi connectivity index (χ4n) is 3.48. The molecule has 0 fully saturated rings. The van der Waals surface area contributed by atoms with Crippen LogP contribution in [-0.4, -0.2) is 26.7 Å². The number of benzene rings is 3. The van der Waals surface area contributed by atoms with Gasteiger partial charge in [-0.25, -0.2) is 13.6 Å². The third-order valence-corrected chi connectivity index (χ3v) is 6.23. The Kier molecular flexibility index (Phi) is 9.41. The largest absolute Gasteiger partial charge is 0.384 e. The van der Waals surface area contributed by atoms with Crippen molar-refractivity contribution in [1.29, 1.82) is 5.41 Å². The van der Waals surface area contributed by atoms with E-state index in [1.807, 2.05) is 24.3 Å². The highest BCUT2D eigenvalue weighted by Crippen LogP contribution is 2.21. The Balaban J connectivity index is 0.00000432. The van der Waals surface area contributed by atoms with E-state index >= 15 is 0 Å². The van der Waals surface area contributed by atoms with E-state index in [1.165, 1.54) is 17.7 Å². The van der Waals surface area contributed by atoms with Crippen LogP contribution in [0, 0.1) is 5.41 Å². The number of amidine groups is 1. The van der Waals surface area contributed by atoms with Crippen molar-refractivity contribution in [2.24, 2.45) is 10.9 Å². The van der Waals surface area contributed by atoms with E-state index in [0.717, 1.165) is 0 Å². The fourth-order valence-corrected chi connectivity index (χ4v) is 4.06. The van der Waals surface area contributed by atoms with Gasteiger partial charge < -0.3 is 16.0 Å². The Hall–Kier alpha value is -3.40. The normalized spacial score (nSPS) is 11.0. The molecule has 0 saturated heterocycles. The van der Waals surface area contributed by atoms with E-state index in [4.69, 9.17) is 16.3 Å². The molecule has 0 saturated carbocycles. The van der Waals surface area contributed by atoms with Crippen LogP contribution in [0.4, 0.5) is 11.4 Å². The number of hydrogen-bond acceptors (Lipinski definition) is 5. The first-order valence-electron chi connectivity index (χ1n) is 10.7. The number of halogens is 1. The van der Waals surface area contributed by atoms with Crippen molar-refractivity contribution in [1.82, 2.24) is 0 Å². The summed E-state index contributed by atoms with van der Waals surface area (Å²) < 4.78 is 23.5. The average Bonchev–Trinajstić information content (AvgIpc) is 2.78. The lowest BCUT2D eigenvalue weighted by molar-refractivity contribution is -0.115. The summed E-state index contributed by atoms with van der Waals surface area (Å²) in [5.41, 5.74) is 9.35. The number of carbonyl (C=O) groups excluding carboxylic acids is 1. The van der Waals surface area contributed by atoms with Crippen molar-refractivity contribution in [2.45, 2.75) is 31.2 Å². The summed E-state index contributed by atoms with van der Waals surface area (Å²) in [6, 6.07) is 21.0. The summed E-state index contributed by atoms with van der Waals surface area (Å²) in [7, 11) is -3.86. The third kappa shape index (κ3) is 7.81. The van der Waals surface area contributed by atoms with Gasteiger partial charge >= 0.3 is 0 Å². The molecule has 1 amide bonds. The van der Waals surface area contributed by atoms with Gasteiger partial charge in [0.25, 0.3) is 0 Å². The number of primary sulfonamides is 1. The Morgan fingerprint density at radius 3 is 2.29 bits per heavy atom. The van der Waals surface area contributed by atoms with E-state index in [2.05, 4.69) is 19.2 Å². The minimum Gasteiger partial charge on any atom is -0.384 e. The molecule has 35 heavy (non-hydrogen) atoms. The Morgan fingerprint density at radius 1 is 1.03 bits per heavy atom. The van der Waals surface area contributed by atoms with Gasteiger partial charge in [-0.3, -0.25) is 10.2 Å². The van der Waals surface area contributed by atoms with Gasteiger partial charge in [0.2, 0.25) is 15.9 Å². The molecule has 0 spiro atoms. The molecule has 0 aliphatic rings. The standard InChI is InChI=1S/C25H29N5O3S.ClH/c1-17(2)19-9-11-21(12-10-19)29-24(31)16-30(22-7-4-6-20(14-22)25(26)27)15-18-5-3-8-23(13-18)34(28,32)33;/h3-14,17H,15-16H2,1-2H3,(H3,26,27)(H,29,31)(H2,28,32,33);1H. The Bertz CT molecular complexity index is 1290. The van der Waals surface area contributed by atoms with Gasteiger partial charge in [-0.1, -0.05) is 50.2 Å². The lowest BCUT2D eigenvalue weighted by Gasteiger charge is -2.25. The third-order valence-electron chi connectivity index (χ3n) is 5.32. The molecule has 0 aromatic heterocycles. The van der Waals surface area contributed by atoms with Crippen molar-refractivity contribution in [3.05, 3.63) is 89.5 Å². The molecule has 0 bridgehead atoms. The smallest absolute Gasteiger partial charge is 0.243 e. The molecule has 0 heterocycles. The van der Waals surface area contributed by atoms with Crippen LogP contribution in [0.2, 0.25) is 0 Å². The Morgan fingerprint density at radius 2 is 1.69 bits per heavy atom. The predicted octanol–water partition coefficient (Wildman–Crippen LogP) is 3.81. The minimum absolute atomic E-state index is 0. The maximum Gasteiger partial charge on any atom is 0.243 e. The zero-order chi connectivity index (χ0) is 24.9. The number of nitrogens with one attached hydrogen (secondary N) is 2. The lowest BCUT2D eigenvalue weighted by Crippen LogP contribution is -2.33. The van der Waals surface area contributed by atoms with Crippen molar-refractivity contribution in [3.8, 4) is 0 Å². The Labute approximate surface area is 212 Å². The zero-order valence-electron chi connectivity index (χ0n) is 19.6. The second kappa shape index (κ2) is 11.8. The number of rotatable bonds is 9. The highest BCUT2D eigenvalue weighted by molar-refractivity contribution is 7.89. The van der Waals surface area contributed by atoms with Crippen LogP contribution in [-0.2, 0) is 21.4 Å². The van der Waals surface area contributed by atoms with Crippen molar-refractivity contribution in [2.75, 3.05) is 16.8 Å². The summed E-state index contributed by atoms with van der Waals surface area (Å²) in [6.07, 6.45) is 0. The van der Waals surface area contributed by atoms with Crippen molar-refractivity contribution in [3.63, 3.8) is 0 Å². The first-order chi connectivity index (χ1) is 16.0. The number of carbonyl (C=O) groups is 1. The summed E-state index contributed by atoms with van der Waals surface area (Å²) in [4.78, 5) is 14.7. The first kappa shape index (κ1) is 27.8. The molecule has 3 aromatic rings. The molecule has 0 atom stereocenters. The van der Waals surface area contributed by atoms with E-state index in [9.17, 15) is 13.2 Å². The van der Waals surface area contributed by atoms with Gasteiger partial charge in [0.1, 0.15) is 5.84 Å². The van der Waals surface area contributed by atoms with Gasteiger partial charge in [0, 0.05) is 23.5 Å². The maximum atomic E-state index is 12.9. The molecule has 186 valence electrons. The number of amides is 1. The van der Waals surface area contributed by atoms with E-state index in [-0.39, 0.29) is 42.1 Å². The number of nitrogen functional groups attached to an aromatic ring is 1. The van der Waals surface area contributed by atoms with Gasteiger partial charge in [0.05, 0.1) is 11.4 Å². The van der Waals surface area contributed by atoms with E-state index in [1.54, 1.807) is 41.3 Å². The van der Waals surface area contributed by atoms with Crippen LogP contribution in [0.15, 0.2) is 77.7 Å². The number of sulfonamides is 1.